The number of rotatable bonds is 6. The Morgan fingerprint density at radius 2 is 1.75 bits per heavy atom. The molecule has 3 rings (SSSR count). The van der Waals surface area contributed by atoms with Gasteiger partial charge in [-0.25, -0.2) is 13.1 Å². The zero-order valence-electron chi connectivity index (χ0n) is 12.5. The summed E-state index contributed by atoms with van der Waals surface area (Å²) in [7, 11) is -3.49. The minimum Gasteiger partial charge on any atom is -0.338 e. The first kappa shape index (κ1) is 16.6. The molecule has 24 heavy (non-hydrogen) atoms. The zero-order valence-corrected chi connectivity index (χ0v) is 14.1. The molecule has 124 valence electrons. The third-order valence-electron chi connectivity index (χ3n) is 3.21. The molecule has 1 heterocycles. The van der Waals surface area contributed by atoms with Gasteiger partial charge in [-0.2, -0.15) is 4.98 Å². The first-order valence-corrected chi connectivity index (χ1v) is 9.15. The van der Waals surface area contributed by atoms with E-state index in [0.717, 1.165) is 5.56 Å². The number of halogens is 1. The van der Waals surface area contributed by atoms with Crippen molar-refractivity contribution in [3.8, 4) is 11.4 Å². The number of hydrogen-bond donors (Lipinski definition) is 1. The average Bonchev–Trinajstić information content (AvgIpc) is 3.03. The molecule has 0 fully saturated rings. The maximum atomic E-state index is 12.1. The second-order valence-electron chi connectivity index (χ2n) is 5.08. The molecule has 0 unspecified atom stereocenters. The predicted octanol–water partition coefficient (Wildman–Crippen LogP) is 3.01. The van der Waals surface area contributed by atoms with Gasteiger partial charge in [-0.3, -0.25) is 0 Å². The van der Waals surface area contributed by atoms with Crippen LogP contribution in [-0.2, 0) is 22.3 Å². The van der Waals surface area contributed by atoms with E-state index in [2.05, 4.69) is 14.9 Å². The summed E-state index contributed by atoms with van der Waals surface area (Å²) < 4.78 is 31.7. The Morgan fingerprint density at radius 1 is 1.04 bits per heavy atom. The van der Waals surface area contributed by atoms with E-state index in [9.17, 15) is 8.42 Å². The van der Waals surface area contributed by atoms with Gasteiger partial charge >= 0.3 is 0 Å². The average molecular weight is 364 g/mol. The first-order valence-electron chi connectivity index (χ1n) is 7.12. The molecule has 3 aromatic rings. The first-order chi connectivity index (χ1) is 11.5. The van der Waals surface area contributed by atoms with Crippen molar-refractivity contribution in [2.45, 2.75) is 12.3 Å². The van der Waals surface area contributed by atoms with Crippen molar-refractivity contribution in [2.75, 3.05) is 0 Å². The second-order valence-corrected chi connectivity index (χ2v) is 7.33. The fourth-order valence-electron chi connectivity index (χ4n) is 2.06. The van der Waals surface area contributed by atoms with E-state index >= 15 is 0 Å². The molecule has 0 aliphatic rings. The van der Waals surface area contributed by atoms with E-state index < -0.39 is 10.0 Å². The van der Waals surface area contributed by atoms with Gasteiger partial charge in [-0.05, 0) is 29.8 Å². The molecule has 1 N–H and O–H groups in total. The monoisotopic (exact) mass is 363 g/mol. The standard InChI is InChI=1S/C16H14ClN3O3S/c17-14-8-6-13(7-9-14)16-19-15(23-20-16)10-18-24(21,22)11-12-4-2-1-3-5-12/h1-9,18H,10-11H2. The Balaban J connectivity index is 1.63. The largest absolute Gasteiger partial charge is 0.338 e. The lowest BCUT2D eigenvalue weighted by molar-refractivity contribution is 0.376. The highest BCUT2D eigenvalue weighted by Gasteiger charge is 2.14. The summed E-state index contributed by atoms with van der Waals surface area (Å²) in [4.78, 5) is 4.17. The Kier molecular flexibility index (Phi) is 4.94. The summed E-state index contributed by atoms with van der Waals surface area (Å²) in [6.45, 7) is -0.0598. The van der Waals surface area contributed by atoms with Gasteiger partial charge in [-0.1, -0.05) is 47.1 Å². The quantitative estimate of drug-likeness (QED) is 0.727. The smallest absolute Gasteiger partial charge is 0.242 e. The van der Waals surface area contributed by atoms with Crippen LogP contribution in [0.15, 0.2) is 59.1 Å². The number of nitrogens with one attached hydrogen (secondary N) is 1. The number of nitrogens with zero attached hydrogens (tertiary/aromatic N) is 2. The van der Waals surface area contributed by atoms with Gasteiger partial charge < -0.3 is 4.52 Å². The Morgan fingerprint density at radius 3 is 2.46 bits per heavy atom. The summed E-state index contributed by atoms with van der Waals surface area (Å²) in [5, 5.41) is 4.44. The molecule has 6 nitrogen and oxygen atoms in total. The predicted molar refractivity (Wildman–Crippen MR) is 90.6 cm³/mol. The van der Waals surface area contributed by atoms with Gasteiger partial charge in [0.25, 0.3) is 0 Å². The van der Waals surface area contributed by atoms with Crippen molar-refractivity contribution in [3.05, 3.63) is 71.1 Å². The number of aromatic nitrogens is 2. The van der Waals surface area contributed by atoms with Crippen LogP contribution in [-0.4, -0.2) is 18.6 Å². The summed E-state index contributed by atoms with van der Waals surface area (Å²) in [6, 6.07) is 15.9. The number of hydrogen-bond acceptors (Lipinski definition) is 5. The molecule has 0 radical (unpaired) electrons. The molecule has 0 saturated heterocycles. The van der Waals surface area contributed by atoms with Crippen LogP contribution in [0.1, 0.15) is 11.5 Å². The molecule has 2 aromatic carbocycles. The molecule has 0 aliphatic heterocycles. The Bertz CT molecular complexity index is 909. The molecule has 0 saturated carbocycles. The van der Waals surface area contributed by atoms with Crippen LogP contribution >= 0.6 is 11.6 Å². The van der Waals surface area contributed by atoms with Crippen molar-refractivity contribution >= 4 is 21.6 Å². The lowest BCUT2D eigenvalue weighted by Gasteiger charge is -2.04. The lowest BCUT2D eigenvalue weighted by atomic mass is 10.2. The molecule has 0 amide bonds. The molecule has 0 atom stereocenters. The van der Waals surface area contributed by atoms with E-state index in [4.69, 9.17) is 16.1 Å². The van der Waals surface area contributed by atoms with Gasteiger partial charge in [0.05, 0.1) is 12.3 Å². The van der Waals surface area contributed by atoms with Gasteiger partial charge in [0.1, 0.15) is 0 Å². The highest BCUT2D eigenvalue weighted by atomic mass is 35.5. The highest BCUT2D eigenvalue weighted by molar-refractivity contribution is 7.88. The summed E-state index contributed by atoms with van der Waals surface area (Å²) in [5.74, 6) is 0.465. The van der Waals surface area contributed by atoms with Crippen molar-refractivity contribution in [1.29, 1.82) is 0 Å². The van der Waals surface area contributed by atoms with Gasteiger partial charge in [0, 0.05) is 10.6 Å². The van der Waals surface area contributed by atoms with E-state index in [1.807, 2.05) is 6.07 Å². The number of sulfonamides is 1. The third-order valence-corrected chi connectivity index (χ3v) is 4.76. The third kappa shape index (κ3) is 4.41. The topological polar surface area (TPSA) is 85.1 Å². The summed E-state index contributed by atoms with van der Waals surface area (Å²) >= 11 is 5.83. The Labute approximate surface area is 144 Å². The van der Waals surface area contributed by atoms with Crippen molar-refractivity contribution in [2.24, 2.45) is 0 Å². The summed E-state index contributed by atoms with van der Waals surface area (Å²) in [6.07, 6.45) is 0. The van der Waals surface area contributed by atoms with Gasteiger partial charge in [0.2, 0.25) is 21.7 Å². The van der Waals surface area contributed by atoms with E-state index in [0.29, 0.717) is 16.4 Å². The van der Waals surface area contributed by atoms with E-state index in [1.165, 1.54) is 0 Å². The van der Waals surface area contributed by atoms with Crippen LogP contribution < -0.4 is 4.72 Å². The maximum Gasteiger partial charge on any atom is 0.242 e. The molecular formula is C16H14ClN3O3S. The van der Waals surface area contributed by atoms with E-state index in [1.54, 1.807) is 48.5 Å². The lowest BCUT2D eigenvalue weighted by Crippen LogP contribution is -2.24. The minimum atomic E-state index is -3.49. The summed E-state index contributed by atoms with van der Waals surface area (Å²) in [5.41, 5.74) is 1.44. The fraction of sp³-hybridized carbons (Fsp3) is 0.125. The van der Waals surface area contributed by atoms with Crippen molar-refractivity contribution in [1.82, 2.24) is 14.9 Å². The van der Waals surface area contributed by atoms with Crippen LogP contribution in [0, 0.1) is 0 Å². The maximum absolute atomic E-state index is 12.1. The fourth-order valence-corrected chi connectivity index (χ4v) is 3.26. The molecule has 0 bridgehead atoms. The van der Waals surface area contributed by atoms with Gasteiger partial charge in [0.15, 0.2) is 0 Å². The minimum absolute atomic E-state index is 0.0598. The van der Waals surface area contributed by atoms with Crippen molar-refractivity contribution in [3.63, 3.8) is 0 Å². The molecule has 0 spiro atoms. The Hall–Kier alpha value is -2.22. The van der Waals surface area contributed by atoms with Crippen LogP contribution in [0.3, 0.4) is 0 Å². The molecular weight excluding hydrogens is 350 g/mol. The molecule has 0 aliphatic carbocycles. The second kappa shape index (κ2) is 7.12. The highest BCUT2D eigenvalue weighted by Crippen LogP contribution is 2.18. The zero-order chi connectivity index (χ0) is 17.0. The van der Waals surface area contributed by atoms with Crippen LogP contribution in [0.2, 0.25) is 5.02 Å². The van der Waals surface area contributed by atoms with Gasteiger partial charge in [-0.15, -0.1) is 0 Å². The SMILES string of the molecule is O=S(=O)(Cc1ccccc1)NCc1nc(-c2ccc(Cl)cc2)no1. The molecule has 1 aromatic heterocycles. The van der Waals surface area contributed by atoms with E-state index in [-0.39, 0.29) is 18.2 Å². The van der Waals surface area contributed by atoms with Crippen LogP contribution in [0.5, 0.6) is 0 Å². The number of benzene rings is 2. The van der Waals surface area contributed by atoms with Crippen LogP contribution in [0.4, 0.5) is 0 Å². The normalized spacial score (nSPS) is 11.5. The van der Waals surface area contributed by atoms with Crippen LogP contribution in [0.25, 0.3) is 11.4 Å². The van der Waals surface area contributed by atoms with Crippen molar-refractivity contribution < 1.29 is 12.9 Å². The molecule has 8 heteroatoms.